The van der Waals surface area contributed by atoms with E-state index < -0.39 is 17.7 Å². The number of hydrogen-bond donors (Lipinski definition) is 1. The van der Waals surface area contributed by atoms with Crippen molar-refractivity contribution >= 4 is 49.4 Å². The first-order valence-electron chi connectivity index (χ1n) is 10.1. The van der Waals surface area contributed by atoms with Gasteiger partial charge in [0.1, 0.15) is 5.82 Å². The van der Waals surface area contributed by atoms with Gasteiger partial charge in [-0.3, -0.25) is 9.59 Å². The van der Waals surface area contributed by atoms with E-state index in [2.05, 4.69) is 15.9 Å². The summed E-state index contributed by atoms with van der Waals surface area (Å²) in [6.45, 7) is 2.22. The van der Waals surface area contributed by atoms with Crippen LogP contribution in [0.3, 0.4) is 0 Å². The van der Waals surface area contributed by atoms with E-state index in [1.807, 2.05) is 41.0 Å². The number of fused-ring (bicyclic) bond motifs is 4. The van der Waals surface area contributed by atoms with E-state index in [9.17, 15) is 19.1 Å². The van der Waals surface area contributed by atoms with Gasteiger partial charge in [0.05, 0.1) is 17.0 Å². The van der Waals surface area contributed by atoms with Gasteiger partial charge in [-0.1, -0.05) is 43.3 Å². The van der Waals surface area contributed by atoms with Gasteiger partial charge in [0.2, 0.25) is 0 Å². The summed E-state index contributed by atoms with van der Waals surface area (Å²) in [6, 6.07) is 16.1. The molecule has 3 aromatic carbocycles. The van der Waals surface area contributed by atoms with Gasteiger partial charge in [-0.15, -0.1) is 0 Å². The number of benzene rings is 3. The van der Waals surface area contributed by atoms with Crippen LogP contribution in [0.25, 0.3) is 21.7 Å². The molecule has 1 aliphatic heterocycles. The van der Waals surface area contributed by atoms with Crippen LogP contribution >= 0.6 is 15.9 Å². The fourth-order valence-corrected chi connectivity index (χ4v) is 5.43. The number of carboxylic acids is 1. The second-order valence-corrected chi connectivity index (χ2v) is 8.96. The summed E-state index contributed by atoms with van der Waals surface area (Å²) in [7, 11) is 0. The largest absolute Gasteiger partial charge is 0.481 e. The molecule has 4 nitrogen and oxygen atoms in total. The lowest BCUT2D eigenvalue weighted by Crippen LogP contribution is -2.19. The van der Waals surface area contributed by atoms with Gasteiger partial charge in [0.15, 0.2) is 5.78 Å². The van der Waals surface area contributed by atoms with Crippen LogP contribution in [0.1, 0.15) is 40.9 Å². The Morgan fingerprint density at radius 3 is 2.61 bits per heavy atom. The molecular weight excluding hydrogens is 461 g/mol. The van der Waals surface area contributed by atoms with Crippen LogP contribution in [-0.4, -0.2) is 21.4 Å². The van der Waals surface area contributed by atoms with E-state index in [1.54, 1.807) is 13.0 Å². The fourth-order valence-electron chi connectivity index (χ4n) is 4.81. The summed E-state index contributed by atoms with van der Waals surface area (Å²) in [5.74, 6) is -2.46. The van der Waals surface area contributed by atoms with Crippen molar-refractivity contribution in [2.75, 3.05) is 0 Å². The third-order valence-corrected chi connectivity index (χ3v) is 6.99. The van der Waals surface area contributed by atoms with Gasteiger partial charge >= 0.3 is 5.97 Å². The van der Waals surface area contributed by atoms with Gasteiger partial charge in [-0.25, -0.2) is 4.39 Å². The number of aromatic nitrogens is 1. The molecule has 5 rings (SSSR count). The van der Waals surface area contributed by atoms with Gasteiger partial charge in [-0.2, -0.15) is 0 Å². The maximum Gasteiger partial charge on any atom is 0.306 e. The minimum absolute atomic E-state index is 0.179. The zero-order chi connectivity index (χ0) is 21.9. The maximum atomic E-state index is 14.2. The third kappa shape index (κ3) is 3.08. The average Bonchev–Trinajstić information content (AvgIpc) is 3.31. The van der Waals surface area contributed by atoms with Crippen LogP contribution in [0.15, 0.2) is 59.1 Å². The molecule has 0 saturated heterocycles. The van der Waals surface area contributed by atoms with E-state index in [4.69, 9.17) is 0 Å². The Balaban J connectivity index is 1.78. The minimum Gasteiger partial charge on any atom is -0.481 e. The zero-order valence-electron chi connectivity index (χ0n) is 16.7. The Kier molecular flexibility index (Phi) is 4.70. The Hall–Kier alpha value is -2.99. The van der Waals surface area contributed by atoms with Crippen LogP contribution in [0.4, 0.5) is 4.39 Å². The second kappa shape index (κ2) is 7.31. The SMILES string of the molecule is CC(C(=O)O)C1CCn2c1c(C(=O)c1ccc3ccccc3c1)c1c(Br)cc(F)cc12. The monoisotopic (exact) mass is 479 g/mol. The van der Waals surface area contributed by atoms with Crippen LogP contribution < -0.4 is 0 Å². The predicted molar refractivity (Wildman–Crippen MR) is 121 cm³/mol. The number of carbonyl (C=O) groups is 2. The van der Waals surface area contributed by atoms with Crippen molar-refractivity contribution in [1.82, 2.24) is 4.57 Å². The summed E-state index contributed by atoms with van der Waals surface area (Å²) in [5, 5.41) is 12.3. The standard InChI is InChI=1S/C25H19BrFNO3/c1-13(25(30)31)18-8-9-28-20-12-17(27)11-19(26)21(20)22(23(18)28)24(29)16-7-6-14-4-2-3-5-15(14)10-16/h2-7,10-13,18H,8-9H2,1H3,(H,30,31). The number of rotatable bonds is 4. The lowest BCUT2D eigenvalue weighted by Gasteiger charge is -2.16. The lowest BCUT2D eigenvalue weighted by molar-refractivity contribution is -0.141. The van der Waals surface area contributed by atoms with Crippen molar-refractivity contribution in [1.29, 1.82) is 0 Å². The highest BCUT2D eigenvalue weighted by Gasteiger charge is 2.38. The van der Waals surface area contributed by atoms with E-state index >= 15 is 0 Å². The van der Waals surface area contributed by atoms with Gasteiger partial charge in [-0.05, 0) is 51.3 Å². The van der Waals surface area contributed by atoms with Gasteiger partial charge in [0, 0.05) is 33.6 Å². The molecule has 1 aromatic heterocycles. The van der Waals surface area contributed by atoms with Crippen molar-refractivity contribution in [3.63, 3.8) is 0 Å². The Morgan fingerprint density at radius 2 is 1.87 bits per heavy atom. The molecule has 0 aliphatic carbocycles. The predicted octanol–water partition coefficient (Wildman–Crippen LogP) is 6.14. The topological polar surface area (TPSA) is 59.3 Å². The minimum atomic E-state index is -0.905. The Labute approximate surface area is 186 Å². The summed E-state index contributed by atoms with van der Waals surface area (Å²) in [6.07, 6.45) is 0.602. The van der Waals surface area contributed by atoms with Gasteiger partial charge in [0.25, 0.3) is 0 Å². The molecule has 31 heavy (non-hydrogen) atoms. The Morgan fingerprint density at radius 1 is 1.13 bits per heavy atom. The number of nitrogens with zero attached hydrogens (tertiary/aromatic N) is 1. The molecule has 6 heteroatoms. The van der Waals surface area contributed by atoms with Crippen molar-refractivity contribution in [3.05, 3.63) is 81.7 Å². The van der Waals surface area contributed by atoms with Crippen LogP contribution in [0.5, 0.6) is 0 Å². The molecule has 1 aliphatic rings. The number of hydrogen-bond acceptors (Lipinski definition) is 2. The highest BCUT2D eigenvalue weighted by Crippen LogP contribution is 2.45. The average molecular weight is 480 g/mol. The normalized spacial score (nSPS) is 16.5. The molecule has 0 saturated carbocycles. The first-order valence-corrected chi connectivity index (χ1v) is 10.9. The molecule has 2 atom stereocenters. The van der Waals surface area contributed by atoms with E-state index in [0.717, 1.165) is 10.8 Å². The molecule has 0 radical (unpaired) electrons. The molecule has 0 bridgehead atoms. The quantitative estimate of drug-likeness (QED) is 0.358. The number of ketones is 1. The molecular formula is C25H19BrFNO3. The first-order chi connectivity index (χ1) is 14.9. The van der Waals surface area contributed by atoms with Crippen LogP contribution in [0.2, 0.25) is 0 Å². The van der Waals surface area contributed by atoms with E-state index in [-0.39, 0.29) is 11.7 Å². The zero-order valence-corrected chi connectivity index (χ0v) is 18.3. The van der Waals surface area contributed by atoms with Crippen molar-refractivity contribution in [3.8, 4) is 0 Å². The van der Waals surface area contributed by atoms with Crippen molar-refractivity contribution < 1.29 is 19.1 Å². The van der Waals surface area contributed by atoms with Crippen molar-refractivity contribution in [2.45, 2.75) is 25.8 Å². The Bertz CT molecular complexity index is 1390. The summed E-state index contributed by atoms with van der Waals surface area (Å²) in [4.78, 5) is 25.6. The highest BCUT2D eigenvalue weighted by molar-refractivity contribution is 9.10. The fraction of sp³-hybridized carbons (Fsp3) is 0.200. The third-order valence-electron chi connectivity index (χ3n) is 6.37. The molecule has 4 aromatic rings. The molecule has 2 heterocycles. The molecule has 156 valence electrons. The van der Waals surface area contributed by atoms with Crippen molar-refractivity contribution in [2.24, 2.45) is 5.92 Å². The van der Waals surface area contributed by atoms with E-state index in [0.29, 0.717) is 45.2 Å². The molecule has 0 spiro atoms. The highest BCUT2D eigenvalue weighted by atomic mass is 79.9. The number of aliphatic carboxylic acids is 1. The summed E-state index contributed by atoms with van der Waals surface area (Å²) in [5.41, 5.74) is 2.30. The molecule has 1 N–H and O–H groups in total. The van der Waals surface area contributed by atoms with E-state index in [1.165, 1.54) is 12.1 Å². The lowest BCUT2D eigenvalue weighted by atomic mass is 9.86. The molecule has 0 amide bonds. The smallest absolute Gasteiger partial charge is 0.306 e. The summed E-state index contributed by atoms with van der Waals surface area (Å²) >= 11 is 3.44. The number of aryl methyl sites for hydroxylation is 1. The number of carbonyl (C=O) groups excluding carboxylic acids is 1. The first kappa shape index (κ1) is 19.9. The number of carboxylic acid groups (broad SMARTS) is 1. The second-order valence-electron chi connectivity index (χ2n) is 8.11. The number of halogens is 2. The maximum absolute atomic E-state index is 14.2. The summed E-state index contributed by atoms with van der Waals surface area (Å²) < 4.78 is 16.6. The van der Waals surface area contributed by atoms with Crippen LogP contribution in [0, 0.1) is 11.7 Å². The van der Waals surface area contributed by atoms with Crippen LogP contribution in [-0.2, 0) is 11.3 Å². The molecule has 0 fully saturated rings. The molecule has 2 unspecified atom stereocenters. The van der Waals surface area contributed by atoms with Gasteiger partial charge < -0.3 is 9.67 Å².